The first-order chi connectivity index (χ1) is 9.38. The van der Waals surface area contributed by atoms with Crippen LogP contribution in [0.1, 0.15) is 36.9 Å². The molecule has 1 unspecified atom stereocenters. The van der Waals surface area contributed by atoms with E-state index < -0.39 is 17.8 Å². The minimum Gasteiger partial charge on any atom is -0.348 e. The lowest BCUT2D eigenvalue weighted by molar-refractivity contribution is -0.137. The molecule has 0 saturated carbocycles. The molecule has 0 saturated heterocycles. The van der Waals surface area contributed by atoms with Crippen LogP contribution >= 0.6 is 0 Å². The van der Waals surface area contributed by atoms with Crippen molar-refractivity contribution >= 4 is 5.91 Å². The van der Waals surface area contributed by atoms with Gasteiger partial charge in [0.15, 0.2) is 0 Å². The molecule has 2 N–H and O–H groups in total. The van der Waals surface area contributed by atoms with Gasteiger partial charge in [-0.2, -0.15) is 13.2 Å². The van der Waals surface area contributed by atoms with Crippen molar-refractivity contribution in [1.82, 2.24) is 10.6 Å². The summed E-state index contributed by atoms with van der Waals surface area (Å²) in [5, 5.41) is 5.46. The second-order valence-electron chi connectivity index (χ2n) is 4.56. The number of benzene rings is 1. The van der Waals surface area contributed by atoms with Gasteiger partial charge in [0.25, 0.3) is 0 Å². The van der Waals surface area contributed by atoms with E-state index in [1.165, 1.54) is 6.07 Å². The molecule has 0 aliphatic rings. The smallest absolute Gasteiger partial charge is 0.348 e. The van der Waals surface area contributed by atoms with Crippen LogP contribution in [0.2, 0.25) is 0 Å². The fourth-order valence-electron chi connectivity index (χ4n) is 1.95. The Balaban J connectivity index is 2.94. The Morgan fingerprint density at radius 1 is 1.35 bits per heavy atom. The van der Waals surface area contributed by atoms with Crippen LogP contribution in [0.15, 0.2) is 24.3 Å². The quantitative estimate of drug-likeness (QED) is 0.845. The SMILES string of the molecule is CCCC(NC(=O)CNC)c1cccc(C(F)(F)F)c1. The highest BCUT2D eigenvalue weighted by Crippen LogP contribution is 2.31. The summed E-state index contributed by atoms with van der Waals surface area (Å²) in [6.45, 7) is 2.06. The fourth-order valence-corrected chi connectivity index (χ4v) is 1.95. The molecule has 0 aliphatic carbocycles. The van der Waals surface area contributed by atoms with E-state index in [9.17, 15) is 18.0 Å². The first-order valence-electron chi connectivity index (χ1n) is 6.49. The maximum atomic E-state index is 12.7. The Kier molecular flexibility index (Phi) is 6.01. The van der Waals surface area contributed by atoms with Gasteiger partial charge in [-0.25, -0.2) is 0 Å². The fraction of sp³-hybridized carbons (Fsp3) is 0.500. The van der Waals surface area contributed by atoms with Gasteiger partial charge in [-0.05, 0) is 31.2 Å². The lowest BCUT2D eigenvalue weighted by Crippen LogP contribution is -2.35. The molecule has 112 valence electrons. The molecule has 0 spiro atoms. The topological polar surface area (TPSA) is 41.1 Å². The molecule has 1 aromatic rings. The number of nitrogens with one attached hydrogen (secondary N) is 2. The Hall–Kier alpha value is -1.56. The molecule has 0 aliphatic heterocycles. The molecule has 1 rings (SSSR count). The maximum absolute atomic E-state index is 12.7. The highest BCUT2D eigenvalue weighted by molar-refractivity contribution is 5.78. The summed E-state index contributed by atoms with van der Waals surface area (Å²) in [4.78, 5) is 11.6. The molecule has 0 fully saturated rings. The summed E-state index contributed by atoms with van der Waals surface area (Å²) in [5.74, 6) is -0.233. The molecule has 20 heavy (non-hydrogen) atoms. The number of amides is 1. The van der Waals surface area contributed by atoms with Crippen LogP contribution in [0.3, 0.4) is 0 Å². The molecule has 0 radical (unpaired) electrons. The number of alkyl halides is 3. The van der Waals surface area contributed by atoms with Gasteiger partial charge in [-0.3, -0.25) is 4.79 Å². The van der Waals surface area contributed by atoms with Crippen molar-refractivity contribution in [2.24, 2.45) is 0 Å². The van der Waals surface area contributed by atoms with Gasteiger partial charge in [-0.15, -0.1) is 0 Å². The summed E-state index contributed by atoms with van der Waals surface area (Å²) < 4.78 is 38.1. The van der Waals surface area contributed by atoms with Crippen LogP contribution in [0.4, 0.5) is 13.2 Å². The summed E-state index contributed by atoms with van der Waals surface area (Å²) in [6.07, 6.45) is -3.01. The zero-order chi connectivity index (χ0) is 15.2. The molecular weight excluding hydrogens is 269 g/mol. The van der Waals surface area contributed by atoms with Crippen LogP contribution in [-0.2, 0) is 11.0 Å². The maximum Gasteiger partial charge on any atom is 0.416 e. The molecule has 0 aromatic heterocycles. The third-order valence-corrected chi connectivity index (χ3v) is 2.87. The van der Waals surface area contributed by atoms with Gasteiger partial charge in [0.05, 0.1) is 18.2 Å². The lowest BCUT2D eigenvalue weighted by Gasteiger charge is -2.20. The van der Waals surface area contributed by atoms with Crippen LogP contribution in [0.25, 0.3) is 0 Å². The molecular formula is C14H19F3N2O. The van der Waals surface area contributed by atoms with Crippen LogP contribution in [-0.4, -0.2) is 19.5 Å². The van der Waals surface area contributed by atoms with Crippen molar-refractivity contribution in [3.8, 4) is 0 Å². The highest BCUT2D eigenvalue weighted by atomic mass is 19.4. The van der Waals surface area contributed by atoms with Crippen LogP contribution in [0, 0.1) is 0 Å². The Labute approximate surface area is 116 Å². The van der Waals surface area contributed by atoms with Gasteiger partial charge in [0.2, 0.25) is 5.91 Å². The van der Waals surface area contributed by atoms with Crippen LogP contribution < -0.4 is 10.6 Å². The van der Waals surface area contributed by atoms with Crippen LogP contribution in [0.5, 0.6) is 0 Å². The normalized spacial score (nSPS) is 13.1. The summed E-state index contributed by atoms with van der Waals surface area (Å²) in [6, 6.07) is 4.70. The molecule has 0 bridgehead atoms. The predicted octanol–water partition coefficient (Wildman–Crippen LogP) is 2.88. The average Bonchev–Trinajstić information content (AvgIpc) is 2.38. The number of hydrogen-bond donors (Lipinski definition) is 2. The number of rotatable bonds is 6. The van der Waals surface area contributed by atoms with E-state index in [0.717, 1.165) is 18.6 Å². The summed E-state index contributed by atoms with van der Waals surface area (Å²) in [5.41, 5.74) is -0.218. The van der Waals surface area contributed by atoms with Gasteiger partial charge in [-0.1, -0.05) is 25.5 Å². The van der Waals surface area contributed by atoms with Crippen molar-refractivity contribution in [1.29, 1.82) is 0 Å². The molecule has 0 heterocycles. The Bertz CT molecular complexity index is 446. The summed E-state index contributed by atoms with van der Waals surface area (Å²) in [7, 11) is 1.64. The Morgan fingerprint density at radius 2 is 2.05 bits per heavy atom. The van der Waals surface area contributed by atoms with Crippen molar-refractivity contribution in [3.05, 3.63) is 35.4 Å². The first-order valence-corrected chi connectivity index (χ1v) is 6.49. The minimum absolute atomic E-state index is 0.138. The third-order valence-electron chi connectivity index (χ3n) is 2.87. The largest absolute Gasteiger partial charge is 0.416 e. The minimum atomic E-state index is -4.37. The van der Waals surface area contributed by atoms with Crippen molar-refractivity contribution in [2.75, 3.05) is 13.6 Å². The number of likely N-dealkylation sites (N-methyl/N-ethyl adjacent to an activating group) is 1. The number of halogens is 3. The lowest BCUT2D eigenvalue weighted by atomic mass is 10.00. The van der Waals surface area contributed by atoms with E-state index in [0.29, 0.717) is 12.0 Å². The molecule has 6 heteroatoms. The van der Waals surface area contributed by atoms with E-state index >= 15 is 0 Å². The van der Waals surface area contributed by atoms with Crippen molar-refractivity contribution in [2.45, 2.75) is 32.0 Å². The predicted molar refractivity (Wildman–Crippen MR) is 71.2 cm³/mol. The second kappa shape index (κ2) is 7.28. The standard InChI is InChI=1S/C14H19F3N2O/c1-3-5-12(19-13(20)9-18-2)10-6-4-7-11(8-10)14(15,16)17/h4,6-8,12,18H,3,5,9H2,1-2H3,(H,19,20). The van der Waals surface area contributed by atoms with Crippen molar-refractivity contribution in [3.63, 3.8) is 0 Å². The highest BCUT2D eigenvalue weighted by Gasteiger charge is 2.31. The molecule has 3 nitrogen and oxygen atoms in total. The van der Waals surface area contributed by atoms with E-state index in [2.05, 4.69) is 10.6 Å². The number of carbonyl (C=O) groups is 1. The Morgan fingerprint density at radius 3 is 2.60 bits per heavy atom. The molecule has 1 amide bonds. The van der Waals surface area contributed by atoms with E-state index in [1.54, 1.807) is 13.1 Å². The number of hydrogen-bond acceptors (Lipinski definition) is 2. The van der Waals surface area contributed by atoms with E-state index in [1.807, 2.05) is 6.92 Å². The number of carbonyl (C=O) groups excluding carboxylic acids is 1. The monoisotopic (exact) mass is 288 g/mol. The van der Waals surface area contributed by atoms with Gasteiger partial charge in [0.1, 0.15) is 0 Å². The zero-order valence-electron chi connectivity index (χ0n) is 11.6. The van der Waals surface area contributed by atoms with Gasteiger partial charge < -0.3 is 10.6 Å². The first kappa shape index (κ1) is 16.5. The van der Waals surface area contributed by atoms with E-state index in [4.69, 9.17) is 0 Å². The molecule has 1 aromatic carbocycles. The van der Waals surface area contributed by atoms with Gasteiger partial charge >= 0.3 is 6.18 Å². The van der Waals surface area contributed by atoms with E-state index in [-0.39, 0.29) is 12.5 Å². The zero-order valence-corrected chi connectivity index (χ0v) is 11.6. The van der Waals surface area contributed by atoms with Crippen molar-refractivity contribution < 1.29 is 18.0 Å². The molecule has 1 atom stereocenters. The average molecular weight is 288 g/mol. The second-order valence-corrected chi connectivity index (χ2v) is 4.56. The summed E-state index contributed by atoms with van der Waals surface area (Å²) >= 11 is 0. The third kappa shape index (κ3) is 4.85. The van der Waals surface area contributed by atoms with Gasteiger partial charge in [0, 0.05) is 0 Å².